The van der Waals surface area contributed by atoms with Gasteiger partial charge >= 0.3 is 0 Å². The first kappa shape index (κ1) is 20.5. The summed E-state index contributed by atoms with van der Waals surface area (Å²) in [5.74, 6) is 2.12. The van der Waals surface area contributed by atoms with E-state index in [0.29, 0.717) is 28.1 Å². The molecule has 0 aliphatic carbocycles. The summed E-state index contributed by atoms with van der Waals surface area (Å²) in [4.78, 5) is 0. The van der Waals surface area contributed by atoms with Crippen molar-refractivity contribution < 1.29 is 4.42 Å². The van der Waals surface area contributed by atoms with Gasteiger partial charge in [-0.25, -0.2) is 0 Å². The van der Waals surface area contributed by atoms with Crippen LogP contribution in [0.1, 0.15) is 11.5 Å². The largest absolute Gasteiger partial charge is 0.420 e. The van der Waals surface area contributed by atoms with Crippen LogP contribution in [-0.4, -0.2) is 25.0 Å². The normalized spacial score (nSPS) is 11.1. The fraction of sp³-hybridized carbons (Fsp3) is 0.0833. The maximum Gasteiger partial charge on any atom is 0.249 e. The molecule has 0 amide bonds. The van der Waals surface area contributed by atoms with Crippen LogP contribution in [-0.2, 0) is 5.75 Å². The lowest BCUT2D eigenvalue weighted by molar-refractivity contribution is 0.528. The molecule has 0 spiro atoms. The van der Waals surface area contributed by atoms with Gasteiger partial charge in [0.1, 0.15) is 0 Å². The van der Waals surface area contributed by atoms with Gasteiger partial charge in [-0.3, -0.25) is 4.57 Å². The van der Waals surface area contributed by atoms with E-state index in [4.69, 9.17) is 16.0 Å². The van der Waals surface area contributed by atoms with Gasteiger partial charge in [-0.15, -0.1) is 20.4 Å². The lowest BCUT2D eigenvalue weighted by atomic mass is 10.2. The summed E-state index contributed by atoms with van der Waals surface area (Å²) in [5.41, 5.74) is 3.89. The Morgan fingerprint density at radius 3 is 2.38 bits per heavy atom. The topological polar surface area (TPSA) is 69.6 Å². The summed E-state index contributed by atoms with van der Waals surface area (Å²) in [5, 5.41) is 18.6. The van der Waals surface area contributed by atoms with Crippen LogP contribution in [0.15, 0.2) is 88.4 Å². The van der Waals surface area contributed by atoms with Gasteiger partial charge in [0.05, 0.1) is 16.3 Å². The van der Waals surface area contributed by atoms with Crippen LogP contribution in [0.3, 0.4) is 0 Å². The first-order valence-electron chi connectivity index (χ1n) is 9.97. The molecule has 0 unspecified atom stereocenters. The second-order valence-corrected chi connectivity index (χ2v) is 8.46. The first-order chi connectivity index (χ1) is 15.7. The molecule has 32 heavy (non-hydrogen) atoms. The summed E-state index contributed by atoms with van der Waals surface area (Å²) in [7, 11) is 0. The fourth-order valence-electron chi connectivity index (χ4n) is 3.25. The van der Waals surface area contributed by atoms with E-state index in [1.54, 1.807) is 6.07 Å². The van der Waals surface area contributed by atoms with Crippen LogP contribution in [0.5, 0.6) is 0 Å². The zero-order chi connectivity index (χ0) is 21.9. The Kier molecular flexibility index (Phi) is 5.75. The van der Waals surface area contributed by atoms with Crippen LogP contribution in [0.25, 0.3) is 28.5 Å². The molecule has 2 aromatic heterocycles. The lowest BCUT2D eigenvalue weighted by Gasteiger charge is -2.10. The highest BCUT2D eigenvalue weighted by molar-refractivity contribution is 7.98. The minimum atomic E-state index is 0.399. The second kappa shape index (κ2) is 8.98. The van der Waals surface area contributed by atoms with E-state index in [0.717, 1.165) is 22.2 Å². The molecular weight excluding hydrogens is 442 g/mol. The highest BCUT2D eigenvalue weighted by Crippen LogP contribution is 2.31. The molecule has 0 saturated heterocycles. The number of nitrogens with zero attached hydrogens (tertiary/aromatic N) is 5. The Bertz CT molecular complexity index is 1350. The maximum atomic E-state index is 6.25. The zero-order valence-electron chi connectivity index (χ0n) is 17.1. The van der Waals surface area contributed by atoms with E-state index in [1.807, 2.05) is 53.1 Å². The second-order valence-electron chi connectivity index (χ2n) is 7.11. The van der Waals surface area contributed by atoms with Crippen molar-refractivity contribution in [3.05, 3.63) is 95.3 Å². The predicted molar refractivity (Wildman–Crippen MR) is 126 cm³/mol. The molecule has 5 rings (SSSR count). The number of halogens is 1. The average Bonchev–Trinajstić information content (AvgIpc) is 3.46. The van der Waals surface area contributed by atoms with Crippen molar-refractivity contribution in [2.75, 3.05) is 0 Å². The Hall–Kier alpha value is -3.42. The molecule has 0 bridgehead atoms. The maximum absolute atomic E-state index is 6.25. The number of hydrogen-bond donors (Lipinski definition) is 0. The van der Waals surface area contributed by atoms with Crippen LogP contribution in [0, 0.1) is 6.92 Å². The van der Waals surface area contributed by atoms with Gasteiger partial charge in [-0.1, -0.05) is 83.5 Å². The summed E-state index contributed by atoms with van der Waals surface area (Å²) >= 11 is 7.73. The van der Waals surface area contributed by atoms with Crippen molar-refractivity contribution >= 4 is 23.4 Å². The molecular formula is C24H18ClN5OS. The van der Waals surface area contributed by atoms with Crippen molar-refractivity contribution in [2.45, 2.75) is 17.8 Å². The summed E-state index contributed by atoms with van der Waals surface area (Å²) in [6.45, 7) is 2.07. The number of aryl methyl sites for hydroxylation is 1. The number of thioether (sulfide) groups is 1. The highest BCUT2D eigenvalue weighted by Gasteiger charge is 2.18. The molecule has 0 radical (unpaired) electrons. The van der Waals surface area contributed by atoms with Crippen LogP contribution < -0.4 is 0 Å². The zero-order valence-corrected chi connectivity index (χ0v) is 18.7. The summed E-state index contributed by atoms with van der Waals surface area (Å²) in [6, 6.07) is 25.7. The minimum Gasteiger partial charge on any atom is -0.420 e. The van der Waals surface area contributed by atoms with Gasteiger partial charge in [0.15, 0.2) is 11.0 Å². The molecule has 0 saturated carbocycles. The van der Waals surface area contributed by atoms with Crippen molar-refractivity contribution in [3.63, 3.8) is 0 Å². The molecule has 5 aromatic rings. The van der Waals surface area contributed by atoms with Gasteiger partial charge in [-0.2, -0.15) is 0 Å². The molecule has 0 N–H and O–H groups in total. The average molecular weight is 460 g/mol. The third kappa shape index (κ3) is 4.17. The van der Waals surface area contributed by atoms with Crippen molar-refractivity contribution in [1.29, 1.82) is 0 Å². The van der Waals surface area contributed by atoms with Crippen LogP contribution in [0.2, 0.25) is 5.02 Å². The van der Waals surface area contributed by atoms with Gasteiger partial charge in [-0.05, 0) is 31.2 Å². The smallest absolute Gasteiger partial charge is 0.249 e. The van der Waals surface area contributed by atoms with Gasteiger partial charge in [0.2, 0.25) is 11.8 Å². The fourth-order valence-corrected chi connectivity index (χ4v) is 4.25. The van der Waals surface area contributed by atoms with E-state index in [1.165, 1.54) is 17.3 Å². The molecule has 3 aromatic carbocycles. The van der Waals surface area contributed by atoms with Crippen LogP contribution >= 0.6 is 23.4 Å². The number of rotatable bonds is 6. The Morgan fingerprint density at radius 2 is 1.59 bits per heavy atom. The quantitative estimate of drug-likeness (QED) is 0.280. The van der Waals surface area contributed by atoms with E-state index < -0.39 is 0 Å². The predicted octanol–water partition coefficient (Wildman–Crippen LogP) is 6.24. The number of benzene rings is 3. The molecule has 8 heteroatoms. The molecule has 2 heterocycles. The molecule has 158 valence electrons. The Labute approximate surface area is 194 Å². The molecule has 0 fully saturated rings. The lowest BCUT2D eigenvalue weighted by Crippen LogP contribution is -2.00. The van der Waals surface area contributed by atoms with E-state index in [2.05, 4.69) is 51.6 Å². The number of aromatic nitrogens is 5. The van der Waals surface area contributed by atoms with Gasteiger partial charge in [0, 0.05) is 11.3 Å². The third-order valence-corrected chi connectivity index (χ3v) is 6.10. The summed E-state index contributed by atoms with van der Waals surface area (Å²) in [6.07, 6.45) is 0. The van der Waals surface area contributed by atoms with Gasteiger partial charge < -0.3 is 4.42 Å². The highest BCUT2D eigenvalue weighted by atomic mass is 35.5. The van der Waals surface area contributed by atoms with Crippen molar-refractivity contribution in [3.8, 4) is 28.5 Å². The van der Waals surface area contributed by atoms with Crippen molar-refractivity contribution in [2.24, 2.45) is 0 Å². The standard InChI is InChI=1S/C24H18ClN5OS/c1-16-11-13-18(14-12-16)30-22(17-7-3-2-4-8-17)27-29-24(30)32-15-21-26-28-23(31-21)19-9-5-6-10-20(19)25/h2-14H,15H2,1H3. The molecule has 6 nitrogen and oxygen atoms in total. The molecule has 0 aliphatic heterocycles. The Morgan fingerprint density at radius 1 is 0.844 bits per heavy atom. The van der Waals surface area contributed by atoms with Gasteiger partial charge in [0.25, 0.3) is 0 Å². The SMILES string of the molecule is Cc1ccc(-n2c(SCc3nnc(-c4ccccc4Cl)o3)nnc2-c2ccccc2)cc1. The van der Waals surface area contributed by atoms with Crippen LogP contribution in [0.4, 0.5) is 0 Å². The third-order valence-electron chi connectivity index (χ3n) is 4.85. The minimum absolute atomic E-state index is 0.399. The van der Waals surface area contributed by atoms with E-state index in [9.17, 15) is 0 Å². The van der Waals surface area contributed by atoms with E-state index >= 15 is 0 Å². The summed E-state index contributed by atoms with van der Waals surface area (Å²) < 4.78 is 7.89. The first-order valence-corrected chi connectivity index (χ1v) is 11.3. The monoisotopic (exact) mass is 459 g/mol. The van der Waals surface area contributed by atoms with E-state index in [-0.39, 0.29) is 0 Å². The Balaban J connectivity index is 1.45. The molecule has 0 aliphatic rings. The molecule has 0 atom stereocenters. The van der Waals surface area contributed by atoms with Crippen molar-refractivity contribution in [1.82, 2.24) is 25.0 Å². The number of hydrogen-bond acceptors (Lipinski definition) is 6.